The normalized spacial score (nSPS) is 14.6. The van der Waals surface area contributed by atoms with E-state index in [9.17, 15) is 24.0 Å². The van der Waals surface area contributed by atoms with E-state index >= 15 is 0 Å². The zero-order chi connectivity index (χ0) is 48.6. The number of amides is 5. The lowest BCUT2D eigenvalue weighted by molar-refractivity contribution is -0.126. The van der Waals surface area contributed by atoms with Crippen LogP contribution in [0.5, 0.6) is 0 Å². The number of ether oxygens (including phenoxy) is 6. The molecule has 1 aromatic carbocycles. The number of unbranched alkanes of at least 4 members (excludes halogenated alkanes) is 6. The molecule has 1 saturated carbocycles. The highest BCUT2D eigenvalue weighted by atomic mass is 35.5. The van der Waals surface area contributed by atoms with Gasteiger partial charge in [0.2, 0.25) is 11.8 Å². The lowest BCUT2D eigenvalue weighted by Gasteiger charge is -2.28. The van der Waals surface area contributed by atoms with E-state index in [2.05, 4.69) is 21.3 Å². The molecule has 1 fully saturated rings. The molecule has 0 aliphatic heterocycles. The fraction of sp³-hybridized carbons (Fsp3) is 0.653. The van der Waals surface area contributed by atoms with Crippen molar-refractivity contribution < 1.29 is 52.4 Å². The van der Waals surface area contributed by atoms with E-state index in [4.69, 9.17) is 40.0 Å². The number of carbonyl (C=O) groups excluding carboxylic acids is 5. The number of fused-ring (bicyclic) bond motifs is 1. The number of halogens is 1. The Kier molecular flexibility index (Phi) is 28.0. The predicted octanol–water partition coefficient (Wildman–Crippen LogP) is 7.35. The monoisotopic (exact) mass is 990 g/mol. The van der Waals surface area contributed by atoms with Gasteiger partial charge in [-0.05, 0) is 100 Å². The van der Waals surface area contributed by atoms with Gasteiger partial charge in [-0.3, -0.25) is 14.4 Å². The molecule has 17 nitrogen and oxygen atoms in total. The molecule has 0 radical (unpaired) electrons. The van der Waals surface area contributed by atoms with Crippen LogP contribution in [-0.4, -0.2) is 139 Å². The molecule has 5 amide bonds. The summed E-state index contributed by atoms with van der Waals surface area (Å²) in [5.74, 6) is 0.387. The van der Waals surface area contributed by atoms with Crippen LogP contribution in [0, 0.1) is 12.8 Å². The van der Waals surface area contributed by atoms with Gasteiger partial charge in [-0.25, -0.2) is 9.59 Å². The molecule has 0 spiro atoms. The first-order valence-corrected chi connectivity index (χ1v) is 25.8. The smallest absolute Gasteiger partial charge is 0.407 e. The molecule has 0 atom stereocenters. The van der Waals surface area contributed by atoms with E-state index < -0.39 is 12.2 Å². The first-order valence-electron chi connectivity index (χ1n) is 24.4. The Bertz CT molecular complexity index is 1920. The van der Waals surface area contributed by atoms with Crippen molar-refractivity contribution in [2.24, 2.45) is 5.92 Å². The molecule has 4 N–H and O–H groups in total. The Labute approximate surface area is 410 Å². The Morgan fingerprint density at radius 3 is 1.96 bits per heavy atom. The van der Waals surface area contributed by atoms with Gasteiger partial charge < -0.3 is 59.2 Å². The molecule has 0 bridgehead atoms. The summed E-state index contributed by atoms with van der Waals surface area (Å²) in [6, 6.07) is 11.6. The maximum Gasteiger partial charge on any atom is 0.407 e. The SMILES string of the molecule is CCN(C(=O)Cn1c(C(=O)N[C@H]2CC[C@H](C(=O)NCCCCCCNC(=O)OCCOCCOCCOC(=O)NCCOCCOCCCCCCCl)CC2)cc2sccc21)c1cccc(C)c1. The van der Waals surface area contributed by atoms with Gasteiger partial charge in [0.15, 0.2) is 0 Å². The molecule has 2 aromatic heterocycles. The zero-order valence-corrected chi connectivity index (χ0v) is 41.7. The molecule has 4 rings (SSSR count). The number of aryl methyl sites for hydroxylation is 1. The van der Waals surface area contributed by atoms with Crippen LogP contribution in [0.2, 0.25) is 0 Å². The summed E-state index contributed by atoms with van der Waals surface area (Å²) in [6.45, 7) is 9.32. The van der Waals surface area contributed by atoms with Crippen LogP contribution in [0.1, 0.15) is 100 Å². The summed E-state index contributed by atoms with van der Waals surface area (Å²) >= 11 is 7.20. The molecule has 3 aromatic rings. The number of hydrogen-bond donors (Lipinski definition) is 4. The molecule has 2 heterocycles. The number of likely N-dealkylation sites (N-methyl/N-ethyl adjacent to an activating group) is 1. The van der Waals surface area contributed by atoms with E-state index in [0.717, 1.165) is 72.8 Å². The van der Waals surface area contributed by atoms with Gasteiger partial charge in [0.25, 0.3) is 5.91 Å². The third kappa shape index (κ3) is 21.9. The quantitative estimate of drug-likeness (QED) is 0.0340. The maximum atomic E-state index is 13.6. The van der Waals surface area contributed by atoms with Crippen LogP contribution < -0.4 is 26.2 Å². The minimum atomic E-state index is -0.537. The third-order valence-corrected chi connectivity index (χ3v) is 12.6. The van der Waals surface area contributed by atoms with Crippen molar-refractivity contribution in [2.45, 2.75) is 103 Å². The van der Waals surface area contributed by atoms with Crippen molar-refractivity contribution in [3.63, 3.8) is 0 Å². The molecule has 19 heteroatoms. The van der Waals surface area contributed by atoms with Crippen LogP contribution in [0.15, 0.2) is 41.8 Å². The highest BCUT2D eigenvalue weighted by Gasteiger charge is 2.29. The standard InChI is InChI=1S/C49H75ClN6O11S/c1-3-55(41-14-12-13-38(2)35-41)45(57)37-56-42-19-34-68-44(42)36-43(56)47(59)54-40-17-15-39(16-18-40)46(58)51-21-9-5-6-10-22-52-48(60)66-32-30-64-28-29-65-31-33-67-49(61)53-23-25-63-27-26-62-24-11-7-4-8-20-50/h12-14,19,34-36,39-40H,3-11,15-18,20-33,37H2,1-2H3,(H,51,58)(H,52,60)(H,53,61)(H,54,59)/t39-,40-. The van der Waals surface area contributed by atoms with Gasteiger partial charge in [-0.1, -0.05) is 37.8 Å². The number of nitrogens with one attached hydrogen (secondary N) is 4. The van der Waals surface area contributed by atoms with E-state index in [1.165, 1.54) is 0 Å². The maximum absolute atomic E-state index is 13.6. The molecular weight excluding hydrogens is 916 g/mol. The van der Waals surface area contributed by atoms with Crippen molar-refractivity contribution in [3.05, 3.63) is 53.0 Å². The van der Waals surface area contributed by atoms with Crippen LogP contribution in [0.3, 0.4) is 0 Å². The van der Waals surface area contributed by atoms with Crippen molar-refractivity contribution in [1.82, 2.24) is 25.8 Å². The van der Waals surface area contributed by atoms with Gasteiger partial charge in [0.1, 0.15) is 25.5 Å². The first kappa shape index (κ1) is 56.1. The number of nitrogens with zero attached hydrogens (tertiary/aromatic N) is 2. The number of alkyl halides is 1. The first-order chi connectivity index (χ1) is 33.2. The summed E-state index contributed by atoms with van der Waals surface area (Å²) in [7, 11) is 0. The highest BCUT2D eigenvalue weighted by Crippen LogP contribution is 2.28. The minimum Gasteiger partial charge on any atom is -0.447 e. The Balaban J connectivity index is 0.926. The van der Waals surface area contributed by atoms with Crippen LogP contribution >= 0.6 is 22.9 Å². The van der Waals surface area contributed by atoms with Gasteiger partial charge >= 0.3 is 12.2 Å². The minimum absolute atomic E-state index is 0.0466. The van der Waals surface area contributed by atoms with E-state index in [0.29, 0.717) is 103 Å². The fourth-order valence-corrected chi connectivity index (χ4v) is 8.79. The molecule has 0 saturated heterocycles. The number of rotatable bonds is 35. The average molecular weight is 992 g/mol. The largest absolute Gasteiger partial charge is 0.447 e. The summed E-state index contributed by atoms with van der Waals surface area (Å²) in [5, 5.41) is 13.6. The second-order valence-electron chi connectivity index (χ2n) is 16.7. The second kappa shape index (κ2) is 33.9. The zero-order valence-electron chi connectivity index (χ0n) is 40.2. The van der Waals surface area contributed by atoms with Crippen LogP contribution in [-0.2, 0) is 44.6 Å². The van der Waals surface area contributed by atoms with Gasteiger partial charge in [-0.2, -0.15) is 0 Å². The highest BCUT2D eigenvalue weighted by molar-refractivity contribution is 7.17. The molecule has 68 heavy (non-hydrogen) atoms. The Hall–Kier alpha value is -4.46. The molecule has 1 aliphatic rings. The van der Waals surface area contributed by atoms with E-state index in [-0.39, 0.29) is 62.7 Å². The lowest BCUT2D eigenvalue weighted by atomic mass is 9.85. The Morgan fingerprint density at radius 2 is 1.29 bits per heavy atom. The average Bonchev–Trinajstić information content (AvgIpc) is 3.94. The lowest BCUT2D eigenvalue weighted by Crippen LogP contribution is -2.42. The van der Waals surface area contributed by atoms with Crippen LogP contribution in [0.25, 0.3) is 10.2 Å². The number of carbonyl (C=O) groups is 5. The third-order valence-electron chi connectivity index (χ3n) is 11.4. The number of anilines is 1. The summed E-state index contributed by atoms with van der Waals surface area (Å²) in [4.78, 5) is 65.6. The van der Waals surface area contributed by atoms with Crippen molar-refractivity contribution in [3.8, 4) is 0 Å². The molecule has 380 valence electrons. The topological polar surface area (TPSA) is 197 Å². The van der Waals surface area contributed by atoms with Gasteiger partial charge in [0.05, 0.1) is 56.5 Å². The number of alkyl carbamates (subject to hydrolysis) is 2. The molecular formula is C49H75ClN6O11S. The number of aromatic nitrogens is 1. The van der Waals surface area contributed by atoms with Crippen molar-refractivity contribution in [1.29, 1.82) is 0 Å². The van der Waals surface area contributed by atoms with Crippen LogP contribution in [0.4, 0.5) is 15.3 Å². The number of thiophene rings is 1. The summed E-state index contributed by atoms with van der Waals surface area (Å²) < 4.78 is 34.7. The van der Waals surface area contributed by atoms with Gasteiger partial charge in [0, 0.05) is 56.3 Å². The van der Waals surface area contributed by atoms with E-state index in [1.54, 1.807) is 16.2 Å². The van der Waals surface area contributed by atoms with Gasteiger partial charge in [-0.15, -0.1) is 22.9 Å². The fourth-order valence-electron chi connectivity index (χ4n) is 7.77. The summed E-state index contributed by atoms with van der Waals surface area (Å²) in [6.07, 6.45) is 9.53. The predicted molar refractivity (Wildman–Crippen MR) is 265 cm³/mol. The Morgan fingerprint density at radius 1 is 0.691 bits per heavy atom. The number of hydrogen-bond acceptors (Lipinski definition) is 12. The van der Waals surface area contributed by atoms with Crippen molar-refractivity contribution >= 4 is 68.7 Å². The summed E-state index contributed by atoms with van der Waals surface area (Å²) in [5.41, 5.74) is 3.25. The van der Waals surface area contributed by atoms with E-state index in [1.807, 2.05) is 60.2 Å². The van der Waals surface area contributed by atoms with Crippen molar-refractivity contribution in [2.75, 3.05) is 103 Å². The second-order valence-corrected chi connectivity index (χ2v) is 18.0. The molecule has 1 aliphatic carbocycles. The number of benzene rings is 1. The molecule has 0 unspecified atom stereocenters.